The molecular weight excluding hydrogens is 398 g/mol. The molecule has 158 valence electrons. The molecular formula is C22H21N5O4. The first kappa shape index (κ1) is 21.4. The number of nitrogens with one attached hydrogen (secondary N) is 3. The Morgan fingerprint density at radius 3 is 2.65 bits per heavy atom. The SMILES string of the molecule is COc1cc(C#N)ccc1OCCCC(=O)NNC(=O)c1cc(-c2ccccc2)n[nH]1. The summed E-state index contributed by atoms with van der Waals surface area (Å²) in [5, 5.41) is 15.7. The summed E-state index contributed by atoms with van der Waals surface area (Å²) in [6.07, 6.45) is 0.574. The van der Waals surface area contributed by atoms with Crippen molar-refractivity contribution in [2.45, 2.75) is 12.8 Å². The predicted molar refractivity (Wildman–Crippen MR) is 112 cm³/mol. The summed E-state index contributed by atoms with van der Waals surface area (Å²) in [6, 6.07) is 17.9. The number of aromatic nitrogens is 2. The maximum absolute atomic E-state index is 12.2. The summed E-state index contributed by atoms with van der Waals surface area (Å²) >= 11 is 0. The molecule has 0 fully saturated rings. The number of rotatable bonds is 8. The molecule has 0 radical (unpaired) electrons. The first-order valence-electron chi connectivity index (χ1n) is 9.51. The molecule has 0 aliphatic carbocycles. The van der Waals surface area contributed by atoms with Gasteiger partial charge in [-0.2, -0.15) is 10.4 Å². The number of methoxy groups -OCH3 is 1. The number of benzene rings is 2. The molecule has 3 rings (SSSR count). The minimum Gasteiger partial charge on any atom is -0.493 e. The lowest BCUT2D eigenvalue weighted by atomic mass is 10.1. The van der Waals surface area contributed by atoms with Gasteiger partial charge in [0.2, 0.25) is 5.91 Å². The maximum atomic E-state index is 12.2. The Hall–Kier alpha value is -4.32. The van der Waals surface area contributed by atoms with Crippen molar-refractivity contribution in [1.82, 2.24) is 21.0 Å². The quantitative estimate of drug-likeness (QED) is 0.380. The second kappa shape index (κ2) is 10.5. The van der Waals surface area contributed by atoms with Crippen molar-refractivity contribution < 1.29 is 19.1 Å². The van der Waals surface area contributed by atoms with Crippen molar-refractivity contribution in [1.29, 1.82) is 5.26 Å². The number of carbonyl (C=O) groups excluding carboxylic acids is 2. The van der Waals surface area contributed by atoms with Crippen molar-refractivity contribution in [3.05, 3.63) is 65.9 Å². The molecule has 2 amide bonds. The molecule has 2 aromatic carbocycles. The number of nitrogens with zero attached hydrogens (tertiary/aromatic N) is 2. The normalized spacial score (nSPS) is 10.1. The van der Waals surface area contributed by atoms with Crippen LogP contribution in [0, 0.1) is 11.3 Å². The molecule has 3 N–H and O–H groups in total. The minimum atomic E-state index is -0.499. The van der Waals surface area contributed by atoms with E-state index >= 15 is 0 Å². The number of aromatic amines is 1. The number of hydrogen-bond donors (Lipinski definition) is 3. The van der Waals surface area contributed by atoms with E-state index in [1.54, 1.807) is 24.3 Å². The number of H-pyrrole nitrogens is 1. The third kappa shape index (κ3) is 5.83. The number of hydrazine groups is 1. The molecule has 31 heavy (non-hydrogen) atoms. The second-order valence-electron chi connectivity index (χ2n) is 6.46. The van der Waals surface area contributed by atoms with E-state index in [-0.39, 0.29) is 24.6 Å². The highest BCUT2D eigenvalue weighted by Crippen LogP contribution is 2.27. The van der Waals surface area contributed by atoms with E-state index in [1.165, 1.54) is 7.11 Å². The van der Waals surface area contributed by atoms with E-state index in [0.717, 1.165) is 5.56 Å². The fourth-order valence-electron chi connectivity index (χ4n) is 2.72. The fraction of sp³-hybridized carbons (Fsp3) is 0.182. The fourth-order valence-corrected chi connectivity index (χ4v) is 2.72. The average molecular weight is 419 g/mol. The first-order valence-corrected chi connectivity index (χ1v) is 9.51. The van der Waals surface area contributed by atoms with Gasteiger partial charge in [0, 0.05) is 18.1 Å². The minimum absolute atomic E-state index is 0.150. The Bertz CT molecular complexity index is 1090. The van der Waals surface area contributed by atoms with E-state index in [9.17, 15) is 9.59 Å². The lowest BCUT2D eigenvalue weighted by Gasteiger charge is -2.11. The third-order valence-corrected chi connectivity index (χ3v) is 4.31. The van der Waals surface area contributed by atoms with Gasteiger partial charge in [0.1, 0.15) is 5.69 Å². The molecule has 1 heterocycles. The average Bonchev–Trinajstić information content (AvgIpc) is 3.31. The zero-order valence-corrected chi connectivity index (χ0v) is 16.8. The van der Waals surface area contributed by atoms with E-state index in [0.29, 0.717) is 29.2 Å². The van der Waals surface area contributed by atoms with E-state index in [1.807, 2.05) is 36.4 Å². The second-order valence-corrected chi connectivity index (χ2v) is 6.46. The van der Waals surface area contributed by atoms with E-state index < -0.39 is 5.91 Å². The molecule has 3 aromatic rings. The highest BCUT2D eigenvalue weighted by atomic mass is 16.5. The molecule has 0 bridgehead atoms. The van der Waals surface area contributed by atoms with Gasteiger partial charge in [-0.05, 0) is 24.6 Å². The molecule has 0 aliphatic heterocycles. The highest BCUT2D eigenvalue weighted by Gasteiger charge is 2.12. The number of carbonyl (C=O) groups is 2. The zero-order valence-electron chi connectivity index (χ0n) is 16.8. The first-order chi connectivity index (χ1) is 15.1. The highest BCUT2D eigenvalue weighted by molar-refractivity contribution is 5.94. The van der Waals surface area contributed by atoms with Gasteiger partial charge in [-0.3, -0.25) is 25.5 Å². The Kier molecular flexibility index (Phi) is 7.21. The van der Waals surface area contributed by atoms with Gasteiger partial charge in [-0.25, -0.2) is 0 Å². The molecule has 0 saturated heterocycles. The van der Waals surface area contributed by atoms with Crippen LogP contribution >= 0.6 is 0 Å². The standard InChI is InChI=1S/C22H21N5O4/c1-30-20-12-15(14-23)9-10-19(20)31-11-5-8-21(28)26-27-22(29)18-13-17(24-25-18)16-6-3-2-4-7-16/h2-4,6-7,9-10,12-13H,5,8,11H2,1H3,(H,24,25)(H,26,28)(H,27,29). The van der Waals surface area contributed by atoms with Gasteiger partial charge < -0.3 is 9.47 Å². The van der Waals surface area contributed by atoms with Crippen molar-refractivity contribution in [3.8, 4) is 28.8 Å². The smallest absolute Gasteiger partial charge is 0.287 e. The molecule has 0 aliphatic rings. The van der Waals surface area contributed by atoms with Crippen LogP contribution in [0.2, 0.25) is 0 Å². The van der Waals surface area contributed by atoms with Crippen LogP contribution < -0.4 is 20.3 Å². The van der Waals surface area contributed by atoms with Crippen LogP contribution in [0.4, 0.5) is 0 Å². The maximum Gasteiger partial charge on any atom is 0.287 e. The van der Waals surface area contributed by atoms with Gasteiger partial charge in [0.25, 0.3) is 5.91 Å². The summed E-state index contributed by atoms with van der Waals surface area (Å²) in [5.41, 5.74) is 6.92. The number of nitriles is 1. The lowest BCUT2D eigenvalue weighted by Crippen LogP contribution is -2.41. The molecule has 0 unspecified atom stereocenters. The zero-order chi connectivity index (χ0) is 22.1. The van der Waals surface area contributed by atoms with Crippen LogP contribution in [0.3, 0.4) is 0 Å². The van der Waals surface area contributed by atoms with Crippen LogP contribution in [0.1, 0.15) is 28.9 Å². The van der Waals surface area contributed by atoms with E-state index in [2.05, 4.69) is 21.0 Å². The van der Waals surface area contributed by atoms with Gasteiger partial charge >= 0.3 is 0 Å². The summed E-state index contributed by atoms with van der Waals surface area (Å²) in [6.45, 7) is 0.268. The van der Waals surface area contributed by atoms with Gasteiger partial charge in [0.15, 0.2) is 11.5 Å². The third-order valence-electron chi connectivity index (χ3n) is 4.31. The van der Waals surface area contributed by atoms with Crippen LogP contribution in [0.5, 0.6) is 11.5 Å². The summed E-state index contributed by atoms with van der Waals surface area (Å²) in [4.78, 5) is 24.1. The molecule has 0 spiro atoms. The molecule has 1 aromatic heterocycles. The summed E-state index contributed by atoms with van der Waals surface area (Å²) in [7, 11) is 1.49. The summed E-state index contributed by atoms with van der Waals surface area (Å²) in [5.74, 6) is 0.0852. The Labute approximate surface area is 179 Å². The molecule has 0 saturated carbocycles. The van der Waals surface area contributed by atoms with Gasteiger partial charge in [-0.15, -0.1) is 0 Å². The van der Waals surface area contributed by atoms with Crippen molar-refractivity contribution in [2.75, 3.05) is 13.7 Å². The number of ether oxygens (including phenoxy) is 2. The number of amides is 2. The lowest BCUT2D eigenvalue weighted by molar-refractivity contribution is -0.122. The Balaban J connectivity index is 1.40. The molecule has 0 atom stereocenters. The van der Waals surface area contributed by atoms with E-state index in [4.69, 9.17) is 14.7 Å². The molecule has 9 heteroatoms. The van der Waals surface area contributed by atoms with Crippen LogP contribution in [-0.2, 0) is 4.79 Å². The van der Waals surface area contributed by atoms with Crippen LogP contribution in [0.15, 0.2) is 54.6 Å². The van der Waals surface area contributed by atoms with Gasteiger partial charge in [0.05, 0.1) is 31.0 Å². The largest absolute Gasteiger partial charge is 0.493 e. The van der Waals surface area contributed by atoms with Crippen molar-refractivity contribution in [2.24, 2.45) is 0 Å². The van der Waals surface area contributed by atoms with Crippen LogP contribution in [-0.4, -0.2) is 35.7 Å². The topological polar surface area (TPSA) is 129 Å². The Morgan fingerprint density at radius 1 is 1.10 bits per heavy atom. The van der Waals surface area contributed by atoms with Gasteiger partial charge in [-0.1, -0.05) is 30.3 Å². The Morgan fingerprint density at radius 2 is 1.90 bits per heavy atom. The number of hydrogen-bond acceptors (Lipinski definition) is 6. The summed E-state index contributed by atoms with van der Waals surface area (Å²) < 4.78 is 10.8. The van der Waals surface area contributed by atoms with Crippen molar-refractivity contribution in [3.63, 3.8) is 0 Å². The predicted octanol–water partition coefficient (Wildman–Crippen LogP) is 2.58. The van der Waals surface area contributed by atoms with Crippen molar-refractivity contribution >= 4 is 11.8 Å². The van der Waals surface area contributed by atoms with Crippen LogP contribution in [0.25, 0.3) is 11.3 Å². The monoisotopic (exact) mass is 419 g/mol. The molecule has 9 nitrogen and oxygen atoms in total.